The third-order valence-corrected chi connectivity index (χ3v) is 2.25. The van der Waals surface area contributed by atoms with Crippen molar-refractivity contribution in [2.75, 3.05) is 26.4 Å². The topological polar surface area (TPSA) is 42.2 Å². The number of rotatable bonds is 4. The Balaban J connectivity index is 0.00000196. The van der Waals surface area contributed by atoms with E-state index in [1.165, 1.54) is 5.56 Å². The summed E-state index contributed by atoms with van der Waals surface area (Å²) in [6, 6.07) is 2.03. The maximum absolute atomic E-state index is 5.78. The molecule has 0 fully saturated rings. The van der Waals surface area contributed by atoms with Gasteiger partial charge in [0.2, 0.25) is 0 Å². The second-order valence-electron chi connectivity index (χ2n) is 3.93. The minimum Gasteiger partial charge on any atom is -0.397 e. The van der Waals surface area contributed by atoms with E-state index in [1.807, 2.05) is 19.2 Å². The van der Waals surface area contributed by atoms with Crippen LogP contribution in [0.5, 0.6) is 0 Å². The van der Waals surface area contributed by atoms with E-state index in [-0.39, 0.29) is 12.4 Å². The van der Waals surface area contributed by atoms with Gasteiger partial charge in [0.25, 0.3) is 0 Å². The molecule has 86 valence electrons. The van der Waals surface area contributed by atoms with Crippen molar-refractivity contribution < 1.29 is 0 Å². The lowest BCUT2D eigenvalue weighted by atomic mass is 10.1. The molecule has 0 spiro atoms. The molecule has 0 aliphatic carbocycles. The van der Waals surface area contributed by atoms with Crippen LogP contribution in [0.3, 0.4) is 0 Å². The van der Waals surface area contributed by atoms with Crippen LogP contribution in [0.4, 0.5) is 5.69 Å². The minimum absolute atomic E-state index is 0. The van der Waals surface area contributed by atoms with E-state index < -0.39 is 0 Å². The first kappa shape index (κ1) is 14.2. The largest absolute Gasteiger partial charge is 0.397 e. The fraction of sp³-hybridized carbons (Fsp3) is 0.545. The SMILES string of the molecule is Cc1ncc(CCCN(C)C)cc1N.Cl. The number of hydrogen-bond donors (Lipinski definition) is 1. The molecule has 1 aromatic rings. The van der Waals surface area contributed by atoms with Crippen LogP contribution in [0.2, 0.25) is 0 Å². The smallest absolute Gasteiger partial charge is 0.0601 e. The Morgan fingerprint density at radius 3 is 2.60 bits per heavy atom. The average Bonchev–Trinajstić information content (AvgIpc) is 2.10. The van der Waals surface area contributed by atoms with Gasteiger partial charge in [0.1, 0.15) is 0 Å². The molecule has 3 nitrogen and oxygen atoms in total. The molecular formula is C11H20ClN3. The number of aryl methyl sites for hydroxylation is 2. The maximum atomic E-state index is 5.78. The van der Waals surface area contributed by atoms with Crippen molar-refractivity contribution in [3.63, 3.8) is 0 Å². The third kappa shape index (κ3) is 5.00. The molecule has 1 aromatic heterocycles. The molecule has 1 heterocycles. The highest BCUT2D eigenvalue weighted by molar-refractivity contribution is 5.85. The molecule has 2 N–H and O–H groups in total. The van der Waals surface area contributed by atoms with Gasteiger partial charge < -0.3 is 10.6 Å². The zero-order valence-electron chi connectivity index (χ0n) is 9.66. The highest BCUT2D eigenvalue weighted by atomic mass is 35.5. The van der Waals surface area contributed by atoms with Gasteiger partial charge in [0.05, 0.1) is 11.4 Å². The number of nitrogens with zero attached hydrogens (tertiary/aromatic N) is 2. The standard InChI is InChI=1S/C11H19N3.ClH/c1-9-11(12)7-10(8-13-9)5-4-6-14(2)3;/h7-8H,4-6,12H2,1-3H3;1H. The van der Waals surface area contributed by atoms with Crippen LogP contribution in [0.1, 0.15) is 17.7 Å². The second-order valence-corrected chi connectivity index (χ2v) is 3.93. The van der Waals surface area contributed by atoms with Gasteiger partial charge in [-0.2, -0.15) is 0 Å². The summed E-state index contributed by atoms with van der Waals surface area (Å²) in [6.07, 6.45) is 4.12. The molecule has 0 aromatic carbocycles. The zero-order valence-corrected chi connectivity index (χ0v) is 10.5. The molecule has 15 heavy (non-hydrogen) atoms. The normalized spacial score (nSPS) is 10.1. The van der Waals surface area contributed by atoms with Gasteiger partial charge in [-0.05, 0) is 52.0 Å². The Labute approximate surface area is 98.1 Å². The molecule has 0 saturated carbocycles. The summed E-state index contributed by atoms with van der Waals surface area (Å²) in [6.45, 7) is 3.03. The number of nitrogens with two attached hydrogens (primary N) is 1. The average molecular weight is 230 g/mol. The van der Waals surface area contributed by atoms with Gasteiger partial charge in [-0.3, -0.25) is 4.98 Å². The van der Waals surface area contributed by atoms with Crippen LogP contribution >= 0.6 is 12.4 Å². The molecule has 0 atom stereocenters. The molecule has 1 rings (SSSR count). The molecule has 0 bridgehead atoms. The Kier molecular flexibility index (Phi) is 6.29. The van der Waals surface area contributed by atoms with E-state index in [4.69, 9.17) is 5.73 Å². The van der Waals surface area contributed by atoms with E-state index in [0.29, 0.717) is 0 Å². The first-order valence-corrected chi connectivity index (χ1v) is 4.95. The van der Waals surface area contributed by atoms with Crippen molar-refractivity contribution in [1.29, 1.82) is 0 Å². The highest BCUT2D eigenvalue weighted by Gasteiger charge is 1.98. The number of pyridine rings is 1. The van der Waals surface area contributed by atoms with Crippen molar-refractivity contribution in [3.05, 3.63) is 23.5 Å². The van der Waals surface area contributed by atoms with Gasteiger partial charge >= 0.3 is 0 Å². The Hall–Kier alpha value is -0.800. The van der Waals surface area contributed by atoms with Crippen LogP contribution < -0.4 is 5.73 Å². The lowest BCUT2D eigenvalue weighted by molar-refractivity contribution is 0.400. The van der Waals surface area contributed by atoms with Crippen molar-refractivity contribution in [1.82, 2.24) is 9.88 Å². The van der Waals surface area contributed by atoms with Crippen molar-refractivity contribution in [3.8, 4) is 0 Å². The third-order valence-electron chi connectivity index (χ3n) is 2.25. The molecule has 0 aliphatic rings. The first-order chi connectivity index (χ1) is 6.59. The second kappa shape index (κ2) is 6.64. The molecule has 0 amide bonds. The number of aromatic nitrogens is 1. The summed E-state index contributed by atoms with van der Waals surface area (Å²) in [5.41, 5.74) is 8.73. The Bertz CT molecular complexity index is 300. The molecule has 0 radical (unpaired) electrons. The fourth-order valence-corrected chi connectivity index (χ4v) is 1.33. The van der Waals surface area contributed by atoms with E-state index in [1.54, 1.807) is 0 Å². The quantitative estimate of drug-likeness (QED) is 0.858. The number of nitrogen functional groups attached to an aromatic ring is 1. The lowest BCUT2D eigenvalue weighted by Gasteiger charge is -2.09. The molecule has 0 saturated heterocycles. The molecule has 4 heteroatoms. The number of halogens is 1. The predicted molar refractivity (Wildman–Crippen MR) is 67.5 cm³/mol. The first-order valence-electron chi connectivity index (χ1n) is 4.95. The summed E-state index contributed by atoms with van der Waals surface area (Å²) in [7, 11) is 4.17. The van der Waals surface area contributed by atoms with Crippen LogP contribution in [0.15, 0.2) is 12.3 Å². The summed E-state index contributed by atoms with van der Waals surface area (Å²) >= 11 is 0. The van der Waals surface area contributed by atoms with Gasteiger partial charge in [0.15, 0.2) is 0 Å². The monoisotopic (exact) mass is 229 g/mol. The minimum atomic E-state index is 0. The summed E-state index contributed by atoms with van der Waals surface area (Å²) in [5.74, 6) is 0. The van der Waals surface area contributed by atoms with Gasteiger partial charge in [-0.15, -0.1) is 12.4 Å². The van der Waals surface area contributed by atoms with Gasteiger partial charge in [0, 0.05) is 6.20 Å². The summed E-state index contributed by atoms with van der Waals surface area (Å²) in [5, 5.41) is 0. The van der Waals surface area contributed by atoms with Crippen molar-refractivity contribution >= 4 is 18.1 Å². The molecular weight excluding hydrogens is 210 g/mol. The zero-order chi connectivity index (χ0) is 10.6. The van der Waals surface area contributed by atoms with Gasteiger partial charge in [-0.25, -0.2) is 0 Å². The summed E-state index contributed by atoms with van der Waals surface area (Å²) in [4.78, 5) is 6.42. The van der Waals surface area contributed by atoms with Crippen LogP contribution in [-0.4, -0.2) is 30.5 Å². The highest BCUT2D eigenvalue weighted by Crippen LogP contribution is 2.11. The van der Waals surface area contributed by atoms with Crippen LogP contribution in [0, 0.1) is 6.92 Å². The van der Waals surface area contributed by atoms with Crippen molar-refractivity contribution in [2.45, 2.75) is 19.8 Å². The van der Waals surface area contributed by atoms with Crippen molar-refractivity contribution in [2.24, 2.45) is 0 Å². The van der Waals surface area contributed by atoms with E-state index in [2.05, 4.69) is 24.0 Å². The van der Waals surface area contributed by atoms with Crippen LogP contribution in [0.25, 0.3) is 0 Å². The van der Waals surface area contributed by atoms with E-state index >= 15 is 0 Å². The van der Waals surface area contributed by atoms with E-state index in [9.17, 15) is 0 Å². The number of hydrogen-bond acceptors (Lipinski definition) is 3. The number of anilines is 1. The predicted octanol–water partition coefficient (Wildman–Crippen LogP) is 1.89. The van der Waals surface area contributed by atoms with E-state index in [0.717, 1.165) is 30.8 Å². The summed E-state index contributed by atoms with van der Waals surface area (Å²) < 4.78 is 0. The fourth-order valence-electron chi connectivity index (χ4n) is 1.33. The Morgan fingerprint density at radius 2 is 2.07 bits per heavy atom. The molecule has 0 aliphatic heterocycles. The maximum Gasteiger partial charge on any atom is 0.0601 e. The lowest BCUT2D eigenvalue weighted by Crippen LogP contribution is -2.13. The van der Waals surface area contributed by atoms with Gasteiger partial charge in [-0.1, -0.05) is 0 Å². The Morgan fingerprint density at radius 1 is 1.40 bits per heavy atom. The van der Waals surface area contributed by atoms with Crippen LogP contribution in [-0.2, 0) is 6.42 Å². The molecule has 0 unspecified atom stereocenters.